The molecule has 0 aliphatic heterocycles. The van der Waals surface area contributed by atoms with Gasteiger partial charge in [0.05, 0.1) is 0 Å². The summed E-state index contributed by atoms with van der Waals surface area (Å²) >= 11 is 0. The molecule has 0 aliphatic carbocycles. The zero-order valence-corrected chi connectivity index (χ0v) is 19.5. The first-order valence-electron chi connectivity index (χ1n) is 12.5. The van der Waals surface area contributed by atoms with E-state index in [4.69, 9.17) is 10.8 Å². The minimum absolute atomic E-state index is 0.0668. The number of carboxylic acid groups (broad SMARTS) is 1. The molecule has 5 heteroatoms. The second kappa shape index (κ2) is 22.3. The molecule has 0 rings (SSSR count). The third-order valence-corrected chi connectivity index (χ3v) is 5.55. The highest BCUT2D eigenvalue weighted by atomic mass is 16.4. The van der Waals surface area contributed by atoms with Gasteiger partial charge in [0, 0.05) is 6.54 Å². The van der Waals surface area contributed by atoms with E-state index in [9.17, 15) is 9.59 Å². The molecule has 0 radical (unpaired) electrons. The standard InChI is InChI=1S/C25H48N2O3/c1-2-3-4-5-6-7-8-9-10-11-12-13-14-15-16-17-21-24(28)27-22-19-18-20-23(26)25(29)30/h17,21,23H,2-16,18-20,22,26H2,1H3,(H,27,28)(H,29,30)/b21-17+/t23-/m0/s1. The van der Waals surface area contributed by atoms with E-state index in [1.807, 2.05) is 6.08 Å². The van der Waals surface area contributed by atoms with Crippen molar-refractivity contribution in [3.63, 3.8) is 0 Å². The van der Waals surface area contributed by atoms with Crippen molar-refractivity contribution >= 4 is 11.9 Å². The number of allylic oxidation sites excluding steroid dienone is 1. The SMILES string of the molecule is CCCCCCCCCCCCCCCC/C=C/C(=O)NCCCC[C@H](N)C(=O)O. The van der Waals surface area contributed by atoms with E-state index in [1.165, 1.54) is 83.5 Å². The third kappa shape index (κ3) is 21.4. The first kappa shape index (κ1) is 28.6. The van der Waals surface area contributed by atoms with E-state index in [0.29, 0.717) is 19.4 Å². The summed E-state index contributed by atoms with van der Waals surface area (Å²) in [4.78, 5) is 22.3. The van der Waals surface area contributed by atoms with E-state index < -0.39 is 12.0 Å². The number of aliphatic carboxylic acids is 1. The van der Waals surface area contributed by atoms with Gasteiger partial charge in [-0.05, 0) is 38.2 Å². The van der Waals surface area contributed by atoms with Gasteiger partial charge >= 0.3 is 5.97 Å². The first-order valence-corrected chi connectivity index (χ1v) is 12.5. The molecule has 0 aromatic heterocycles. The highest BCUT2D eigenvalue weighted by Gasteiger charge is 2.09. The van der Waals surface area contributed by atoms with Gasteiger partial charge in [0.15, 0.2) is 0 Å². The van der Waals surface area contributed by atoms with Crippen LogP contribution >= 0.6 is 0 Å². The van der Waals surface area contributed by atoms with Gasteiger partial charge in [-0.25, -0.2) is 0 Å². The predicted molar refractivity (Wildman–Crippen MR) is 127 cm³/mol. The maximum atomic E-state index is 11.7. The number of carboxylic acids is 1. The fourth-order valence-corrected chi connectivity index (χ4v) is 3.53. The zero-order chi connectivity index (χ0) is 22.3. The molecule has 0 heterocycles. The molecular formula is C25H48N2O3. The summed E-state index contributed by atoms with van der Waals surface area (Å²) in [6.45, 7) is 2.83. The molecular weight excluding hydrogens is 376 g/mol. The Labute approximate surface area is 185 Å². The summed E-state index contributed by atoms with van der Waals surface area (Å²) in [6, 6.07) is -0.800. The van der Waals surface area contributed by atoms with Crippen LogP contribution < -0.4 is 11.1 Å². The van der Waals surface area contributed by atoms with Crippen LogP contribution in [0.25, 0.3) is 0 Å². The van der Waals surface area contributed by atoms with Gasteiger partial charge in [-0.2, -0.15) is 0 Å². The highest BCUT2D eigenvalue weighted by Crippen LogP contribution is 2.13. The molecule has 30 heavy (non-hydrogen) atoms. The summed E-state index contributed by atoms with van der Waals surface area (Å²) in [6.07, 6.45) is 25.4. The Balaban J connectivity index is 3.29. The zero-order valence-electron chi connectivity index (χ0n) is 19.5. The molecule has 0 spiro atoms. The molecule has 0 aromatic rings. The third-order valence-electron chi connectivity index (χ3n) is 5.55. The smallest absolute Gasteiger partial charge is 0.320 e. The quantitative estimate of drug-likeness (QED) is 0.144. The lowest BCUT2D eigenvalue weighted by Crippen LogP contribution is -2.30. The second-order valence-corrected chi connectivity index (χ2v) is 8.52. The average Bonchev–Trinajstić information content (AvgIpc) is 2.72. The van der Waals surface area contributed by atoms with Gasteiger partial charge in [-0.3, -0.25) is 9.59 Å². The molecule has 0 aromatic carbocycles. The minimum Gasteiger partial charge on any atom is -0.480 e. The maximum absolute atomic E-state index is 11.7. The predicted octanol–water partition coefficient (Wildman–Crippen LogP) is 6.11. The summed E-state index contributed by atoms with van der Waals surface area (Å²) in [7, 11) is 0. The number of nitrogens with one attached hydrogen (secondary N) is 1. The van der Waals surface area contributed by atoms with Crippen LogP contribution in [0.3, 0.4) is 0 Å². The average molecular weight is 425 g/mol. The monoisotopic (exact) mass is 424 g/mol. The van der Waals surface area contributed by atoms with Crippen molar-refractivity contribution in [3.05, 3.63) is 12.2 Å². The van der Waals surface area contributed by atoms with Crippen LogP contribution in [0.5, 0.6) is 0 Å². The molecule has 0 unspecified atom stereocenters. The van der Waals surface area contributed by atoms with Crippen molar-refractivity contribution in [1.82, 2.24) is 5.32 Å². The molecule has 0 bridgehead atoms. The lowest BCUT2D eigenvalue weighted by Gasteiger charge is -2.06. The van der Waals surface area contributed by atoms with Gasteiger partial charge in [0.2, 0.25) is 5.91 Å². The summed E-state index contributed by atoms with van der Waals surface area (Å²) in [5.74, 6) is -1.03. The summed E-state index contributed by atoms with van der Waals surface area (Å²) < 4.78 is 0. The van der Waals surface area contributed by atoms with Gasteiger partial charge in [0.1, 0.15) is 6.04 Å². The van der Waals surface area contributed by atoms with Crippen molar-refractivity contribution < 1.29 is 14.7 Å². The Morgan fingerprint density at radius 2 is 1.30 bits per heavy atom. The lowest BCUT2D eigenvalue weighted by atomic mass is 10.0. The van der Waals surface area contributed by atoms with Gasteiger partial charge in [0.25, 0.3) is 0 Å². The van der Waals surface area contributed by atoms with Crippen LogP contribution in [0.4, 0.5) is 0 Å². The number of hydrogen-bond donors (Lipinski definition) is 3. The van der Waals surface area contributed by atoms with E-state index in [2.05, 4.69) is 12.2 Å². The minimum atomic E-state index is -0.967. The van der Waals surface area contributed by atoms with Crippen LogP contribution in [-0.4, -0.2) is 29.6 Å². The van der Waals surface area contributed by atoms with Crippen molar-refractivity contribution in [3.8, 4) is 0 Å². The molecule has 0 aliphatic rings. The number of amides is 1. The number of carbonyl (C=O) groups is 2. The van der Waals surface area contributed by atoms with Crippen LogP contribution in [0.1, 0.15) is 122 Å². The van der Waals surface area contributed by atoms with E-state index in [0.717, 1.165) is 19.3 Å². The molecule has 0 saturated carbocycles. The molecule has 5 nitrogen and oxygen atoms in total. The van der Waals surface area contributed by atoms with Gasteiger partial charge < -0.3 is 16.2 Å². The number of hydrogen-bond acceptors (Lipinski definition) is 3. The highest BCUT2D eigenvalue weighted by molar-refractivity contribution is 5.87. The molecule has 1 amide bonds. The maximum Gasteiger partial charge on any atom is 0.320 e. The van der Waals surface area contributed by atoms with Crippen molar-refractivity contribution in [1.29, 1.82) is 0 Å². The molecule has 0 saturated heterocycles. The van der Waals surface area contributed by atoms with Crippen molar-refractivity contribution in [2.75, 3.05) is 6.54 Å². The summed E-state index contributed by atoms with van der Waals surface area (Å²) in [5, 5.41) is 11.5. The fraction of sp³-hybridized carbons (Fsp3) is 0.840. The van der Waals surface area contributed by atoms with Crippen LogP contribution in [0, 0.1) is 0 Å². The van der Waals surface area contributed by atoms with Gasteiger partial charge in [-0.1, -0.05) is 96.5 Å². The van der Waals surface area contributed by atoms with Crippen LogP contribution in [0.15, 0.2) is 12.2 Å². The number of unbranched alkanes of at least 4 members (excludes halogenated alkanes) is 15. The fourth-order valence-electron chi connectivity index (χ4n) is 3.53. The summed E-state index contributed by atoms with van der Waals surface area (Å²) in [5.41, 5.74) is 5.43. The van der Waals surface area contributed by atoms with E-state index in [1.54, 1.807) is 6.08 Å². The Bertz CT molecular complexity index is 438. The normalized spacial score (nSPS) is 12.3. The topological polar surface area (TPSA) is 92.4 Å². The van der Waals surface area contributed by atoms with Crippen LogP contribution in [0.2, 0.25) is 0 Å². The number of carbonyl (C=O) groups excluding carboxylic acids is 1. The Hall–Kier alpha value is -1.36. The Kier molecular flexibility index (Phi) is 21.3. The van der Waals surface area contributed by atoms with E-state index >= 15 is 0 Å². The second-order valence-electron chi connectivity index (χ2n) is 8.52. The molecule has 4 N–H and O–H groups in total. The number of nitrogens with two attached hydrogens (primary N) is 1. The van der Waals surface area contributed by atoms with Crippen LogP contribution in [-0.2, 0) is 9.59 Å². The Morgan fingerprint density at radius 1 is 0.800 bits per heavy atom. The molecule has 1 atom stereocenters. The first-order chi connectivity index (χ1) is 14.6. The van der Waals surface area contributed by atoms with E-state index in [-0.39, 0.29) is 5.91 Å². The number of rotatable bonds is 22. The van der Waals surface area contributed by atoms with Gasteiger partial charge in [-0.15, -0.1) is 0 Å². The molecule has 176 valence electrons. The lowest BCUT2D eigenvalue weighted by molar-refractivity contribution is -0.138. The Morgan fingerprint density at radius 3 is 1.80 bits per heavy atom. The largest absolute Gasteiger partial charge is 0.480 e. The van der Waals surface area contributed by atoms with Crippen molar-refractivity contribution in [2.24, 2.45) is 5.73 Å². The van der Waals surface area contributed by atoms with Crippen molar-refractivity contribution in [2.45, 2.75) is 129 Å². The molecule has 0 fully saturated rings.